The molecule has 0 aliphatic carbocycles. The summed E-state index contributed by atoms with van der Waals surface area (Å²) in [6.45, 7) is 2.00. The third kappa shape index (κ3) is 4.16. The van der Waals surface area contributed by atoms with Crippen LogP contribution >= 0.6 is 0 Å². The number of carbonyl (C=O) groups excluding carboxylic acids is 1. The van der Waals surface area contributed by atoms with Crippen molar-refractivity contribution in [3.63, 3.8) is 0 Å². The molecule has 3 rings (SSSR count). The van der Waals surface area contributed by atoms with Gasteiger partial charge in [-0.3, -0.25) is 9.59 Å². The predicted molar refractivity (Wildman–Crippen MR) is 99.2 cm³/mol. The monoisotopic (exact) mass is 349 g/mol. The molecule has 0 saturated heterocycles. The molecule has 6 nitrogen and oxygen atoms in total. The lowest BCUT2D eigenvalue weighted by molar-refractivity contribution is -0.138. The van der Waals surface area contributed by atoms with Crippen molar-refractivity contribution in [2.45, 2.75) is 19.8 Å². The highest BCUT2D eigenvalue weighted by Gasteiger charge is 2.14. The van der Waals surface area contributed by atoms with Crippen molar-refractivity contribution < 1.29 is 14.7 Å². The number of carboxylic acid groups (broad SMARTS) is 1. The topological polar surface area (TPSA) is 84.2 Å². The Hall–Kier alpha value is -3.41. The maximum Gasteiger partial charge on any atom is 0.303 e. The van der Waals surface area contributed by atoms with E-state index in [1.807, 2.05) is 61.5 Å². The van der Waals surface area contributed by atoms with Crippen LogP contribution in [0.2, 0.25) is 0 Å². The largest absolute Gasteiger partial charge is 0.481 e. The third-order valence-corrected chi connectivity index (χ3v) is 3.89. The molecule has 0 radical (unpaired) electrons. The SMILES string of the molecule is Cc1ccc(-n2nc(-c3ccccc3)cc2NC(=O)CCC(=O)O)cc1. The zero-order valence-electron chi connectivity index (χ0n) is 14.3. The highest BCUT2D eigenvalue weighted by atomic mass is 16.4. The third-order valence-electron chi connectivity index (χ3n) is 3.89. The summed E-state index contributed by atoms with van der Waals surface area (Å²) in [5, 5.41) is 16.1. The van der Waals surface area contributed by atoms with Gasteiger partial charge in [-0.1, -0.05) is 48.0 Å². The van der Waals surface area contributed by atoms with E-state index in [0.717, 1.165) is 22.5 Å². The van der Waals surface area contributed by atoms with E-state index in [1.165, 1.54) is 0 Å². The van der Waals surface area contributed by atoms with Crippen LogP contribution < -0.4 is 5.32 Å². The first-order valence-electron chi connectivity index (χ1n) is 8.27. The Morgan fingerprint density at radius 1 is 1.04 bits per heavy atom. The van der Waals surface area contributed by atoms with Crippen molar-refractivity contribution in [3.8, 4) is 16.9 Å². The quantitative estimate of drug-likeness (QED) is 0.711. The van der Waals surface area contributed by atoms with Gasteiger partial charge in [-0.25, -0.2) is 4.68 Å². The molecule has 0 bridgehead atoms. The Morgan fingerprint density at radius 2 is 1.73 bits per heavy atom. The summed E-state index contributed by atoms with van der Waals surface area (Å²) in [6.07, 6.45) is -0.300. The summed E-state index contributed by atoms with van der Waals surface area (Å²) in [7, 11) is 0. The van der Waals surface area contributed by atoms with Crippen LogP contribution in [0.4, 0.5) is 5.82 Å². The van der Waals surface area contributed by atoms with Crippen molar-refractivity contribution in [1.29, 1.82) is 0 Å². The Balaban J connectivity index is 1.95. The molecule has 26 heavy (non-hydrogen) atoms. The molecule has 0 aliphatic rings. The highest BCUT2D eigenvalue weighted by molar-refractivity contribution is 5.92. The number of amides is 1. The van der Waals surface area contributed by atoms with Gasteiger partial charge in [0.25, 0.3) is 0 Å². The molecule has 2 aromatic carbocycles. The second-order valence-corrected chi connectivity index (χ2v) is 5.97. The summed E-state index contributed by atoms with van der Waals surface area (Å²) in [5.74, 6) is -0.861. The minimum absolute atomic E-state index is 0.0882. The van der Waals surface area contributed by atoms with Gasteiger partial charge < -0.3 is 10.4 Å². The number of anilines is 1. The van der Waals surface area contributed by atoms with E-state index in [4.69, 9.17) is 5.11 Å². The number of hydrogen-bond acceptors (Lipinski definition) is 3. The average Bonchev–Trinajstić information content (AvgIpc) is 3.05. The van der Waals surface area contributed by atoms with Gasteiger partial charge in [-0.05, 0) is 19.1 Å². The zero-order valence-corrected chi connectivity index (χ0v) is 14.3. The fourth-order valence-corrected chi connectivity index (χ4v) is 2.53. The normalized spacial score (nSPS) is 10.5. The van der Waals surface area contributed by atoms with Crippen molar-refractivity contribution in [1.82, 2.24) is 9.78 Å². The maximum atomic E-state index is 12.1. The van der Waals surface area contributed by atoms with Crippen molar-refractivity contribution in [2.24, 2.45) is 0 Å². The number of nitrogens with one attached hydrogen (secondary N) is 1. The number of carboxylic acids is 1. The van der Waals surface area contributed by atoms with Crippen LogP contribution in [0.1, 0.15) is 18.4 Å². The highest BCUT2D eigenvalue weighted by Crippen LogP contribution is 2.25. The van der Waals surface area contributed by atoms with Gasteiger partial charge in [-0.2, -0.15) is 5.10 Å². The molecule has 6 heteroatoms. The van der Waals surface area contributed by atoms with E-state index in [9.17, 15) is 9.59 Å². The van der Waals surface area contributed by atoms with Gasteiger partial charge in [0.1, 0.15) is 5.82 Å². The molecule has 1 amide bonds. The van der Waals surface area contributed by atoms with E-state index in [-0.39, 0.29) is 18.7 Å². The van der Waals surface area contributed by atoms with E-state index in [2.05, 4.69) is 10.4 Å². The fourth-order valence-electron chi connectivity index (χ4n) is 2.53. The lowest BCUT2D eigenvalue weighted by Crippen LogP contribution is -2.16. The lowest BCUT2D eigenvalue weighted by Gasteiger charge is -2.08. The molecular formula is C20H19N3O3. The van der Waals surface area contributed by atoms with E-state index in [1.54, 1.807) is 10.7 Å². The zero-order chi connectivity index (χ0) is 18.5. The summed E-state index contributed by atoms with van der Waals surface area (Å²) in [4.78, 5) is 22.8. The molecule has 0 saturated carbocycles. The van der Waals surface area contributed by atoms with Gasteiger partial charge >= 0.3 is 5.97 Å². The standard InChI is InChI=1S/C20H19N3O3/c1-14-7-9-16(10-8-14)23-18(21-19(24)11-12-20(25)26)13-17(22-23)15-5-3-2-4-6-15/h2-10,13H,11-12H2,1H3,(H,21,24)(H,25,26). The van der Waals surface area contributed by atoms with Gasteiger partial charge in [-0.15, -0.1) is 0 Å². The van der Waals surface area contributed by atoms with Gasteiger partial charge in [0.05, 0.1) is 17.8 Å². The van der Waals surface area contributed by atoms with Gasteiger partial charge in [0, 0.05) is 18.1 Å². The minimum atomic E-state index is -1.00. The predicted octanol–water partition coefficient (Wildman–Crippen LogP) is 3.65. The van der Waals surface area contributed by atoms with E-state index in [0.29, 0.717) is 5.82 Å². The number of aryl methyl sites for hydroxylation is 1. The molecule has 132 valence electrons. The smallest absolute Gasteiger partial charge is 0.303 e. The van der Waals surface area contributed by atoms with E-state index < -0.39 is 5.97 Å². The van der Waals surface area contributed by atoms with Crippen LogP contribution in [0.3, 0.4) is 0 Å². The Bertz CT molecular complexity index is 915. The molecule has 3 aromatic rings. The fraction of sp³-hybridized carbons (Fsp3) is 0.150. The number of hydrogen-bond donors (Lipinski definition) is 2. The van der Waals surface area contributed by atoms with Crippen LogP contribution in [-0.4, -0.2) is 26.8 Å². The van der Waals surface area contributed by atoms with Crippen LogP contribution in [0.25, 0.3) is 16.9 Å². The molecule has 0 atom stereocenters. The summed E-state index contributed by atoms with van der Waals surface area (Å²) < 4.78 is 1.65. The first-order chi connectivity index (χ1) is 12.5. The van der Waals surface area contributed by atoms with Crippen molar-refractivity contribution in [2.75, 3.05) is 5.32 Å². The second-order valence-electron chi connectivity index (χ2n) is 5.97. The molecule has 0 unspecified atom stereocenters. The summed E-state index contributed by atoms with van der Waals surface area (Å²) in [6, 6.07) is 19.2. The average molecular weight is 349 g/mol. The van der Waals surface area contributed by atoms with Gasteiger partial charge in [0.15, 0.2) is 0 Å². The first-order valence-corrected chi connectivity index (χ1v) is 8.27. The van der Waals surface area contributed by atoms with Crippen LogP contribution in [-0.2, 0) is 9.59 Å². The molecular weight excluding hydrogens is 330 g/mol. The number of aromatic nitrogens is 2. The van der Waals surface area contributed by atoms with Crippen LogP contribution in [0, 0.1) is 6.92 Å². The van der Waals surface area contributed by atoms with Gasteiger partial charge in [0.2, 0.25) is 5.91 Å². The van der Waals surface area contributed by atoms with Crippen molar-refractivity contribution >= 4 is 17.7 Å². The molecule has 0 aliphatic heterocycles. The lowest BCUT2D eigenvalue weighted by atomic mass is 10.1. The van der Waals surface area contributed by atoms with Crippen LogP contribution in [0.15, 0.2) is 60.7 Å². The minimum Gasteiger partial charge on any atom is -0.481 e. The molecule has 0 spiro atoms. The van der Waals surface area contributed by atoms with Crippen LogP contribution in [0.5, 0.6) is 0 Å². The number of rotatable bonds is 6. The molecule has 0 fully saturated rings. The molecule has 1 heterocycles. The Labute approximate surface area is 151 Å². The number of carbonyl (C=O) groups is 2. The number of benzene rings is 2. The Kier molecular flexibility index (Phi) is 5.12. The first kappa shape index (κ1) is 17.4. The molecule has 1 aromatic heterocycles. The second kappa shape index (κ2) is 7.65. The summed E-state index contributed by atoms with van der Waals surface area (Å²) >= 11 is 0. The Morgan fingerprint density at radius 3 is 2.38 bits per heavy atom. The number of aliphatic carboxylic acids is 1. The maximum absolute atomic E-state index is 12.1. The van der Waals surface area contributed by atoms with Crippen molar-refractivity contribution in [3.05, 3.63) is 66.2 Å². The number of nitrogens with zero attached hydrogens (tertiary/aromatic N) is 2. The van der Waals surface area contributed by atoms with E-state index >= 15 is 0 Å². The molecule has 2 N–H and O–H groups in total. The summed E-state index contributed by atoms with van der Waals surface area (Å²) in [5.41, 5.74) is 3.58.